The standard InChI is InChI=1S/C10H13NO2.C5H8O2/c1-3-4-7-11-8-5-6-9(2)10(12)13;1-4(2)5(6)7-3/h5-6H,2-4,7H2,1H3;1H2,2-3H3/p+1. The van der Waals surface area contributed by atoms with E-state index in [1.54, 1.807) is 6.92 Å². The van der Waals surface area contributed by atoms with Gasteiger partial charge in [-0.25, -0.2) is 9.59 Å². The molecule has 0 atom stereocenters. The maximum atomic E-state index is 10.3. The van der Waals surface area contributed by atoms with Crippen molar-refractivity contribution in [2.24, 2.45) is 0 Å². The first-order chi connectivity index (χ1) is 9.36. The van der Waals surface area contributed by atoms with E-state index in [4.69, 9.17) is 5.11 Å². The summed E-state index contributed by atoms with van der Waals surface area (Å²) in [5, 5.41) is 8.41. The first kappa shape index (κ1) is 20.0. The minimum atomic E-state index is -1.02. The second kappa shape index (κ2) is 13.1. The van der Waals surface area contributed by atoms with E-state index in [0.29, 0.717) is 5.57 Å². The summed E-state index contributed by atoms with van der Waals surface area (Å²) >= 11 is 0. The highest BCUT2D eigenvalue weighted by atomic mass is 16.5. The molecule has 0 aliphatic carbocycles. The van der Waals surface area contributed by atoms with Gasteiger partial charge in [0.1, 0.15) is 0 Å². The van der Waals surface area contributed by atoms with Crippen LogP contribution in [-0.2, 0) is 14.3 Å². The second-order valence-electron chi connectivity index (χ2n) is 3.80. The van der Waals surface area contributed by atoms with E-state index in [0.717, 1.165) is 19.4 Å². The fourth-order valence-corrected chi connectivity index (χ4v) is 0.738. The minimum absolute atomic E-state index is 0.0400. The van der Waals surface area contributed by atoms with E-state index in [2.05, 4.69) is 35.7 Å². The number of carbonyl (C=O) groups is 2. The van der Waals surface area contributed by atoms with Crippen LogP contribution in [0.25, 0.3) is 4.85 Å². The molecule has 0 radical (unpaired) electrons. The number of hydrogen-bond acceptors (Lipinski definition) is 3. The fourth-order valence-electron chi connectivity index (χ4n) is 0.738. The molecule has 20 heavy (non-hydrogen) atoms. The Morgan fingerprint density at radius 1 is 1.40 bits per heavy atom. The topological polar surface area (TPSA) is 68.0 Å². The predicted molar refractivity (Wildman–Crippen MR) is 79.8 cm³/mol. The molecule has 0 saturated heterocycles. The molecule has 0 aromatic heterocycles. The van der Waals surface area contributed by atoms with Gasteiger partial charge in [-0.3, -0.25) is 0 Å². The van der Waals surface area contributed by atoms with Gasteiger partial charge in [0.25, 0.3) is 6.54 Å². The number of carboxylic acid groups (broad SMARTS) is 1. The van der Waals surface area contributed by atoms with Crippen LogP contribution in [0.4, 0.5) is 0 Å². The Morgan fingerprint density at radius 2 is 2.00 bits per heavy atom. The summed E-state index contributed by atoms with van der Waals surface area (Å²) in [6, 6.07) is 2.63. The Morgan fingerprint density at radius 3 is 2.35 bits per heavy atom. The molecule has 1 N–H and O–H groups in total. The van der Waals surface area contributed by atoms with E-state index in [1.165, 1.54) is 19.3 Å². The van der Waals surface area contributed by atoms with Crippen molar-refractivity contribution in [3.8, 4) is 6.07 Å². The lowest BCUT2D eigenvalue weighted by Gasteiger charge is -1.91. The summed E-state index contributed by atoms with van der Waals surface area (Å²) in [7, 11) is 1.33. The van der Waals surface area contributed by atoms with E-state index in [1.807, 2.05) is 0 Å². The van der Waals surface area contributed by atoms with Crippen LogP contribution in [0.2, 0.25) is 0 Å². The summed E-state index contributed by atoms with van der Waals surface area (Å²) in [5.41, 5.74) is 0.473. The van der Waals surface area contributed by atoms with E-state index in [9.17, 15) is 9.59 Å². The predicted octanol–water partition coefficient (Wildman–Crippen LogP) is 3.05. The SMILES string of the molecule is C=C(C)C(=O)OC.C=C(C=CC#[N+]CCCC)C(=O)O. The van der Waals surface area contributed by atoms with E-state index in [-0.39, 0.29) is 11.5 Å². The molecule has 5 nitrogen and oxygen atoms in total. The molecule has 0 rings (SSSR count). The van der Waals surface area contributed by atoms with Crippen molar-refractivity contribution in [1.82, 2.24) is 0 Å². The summed E-state index contributed by atoms with van der Waals surface area (Å²) in [5.74, 6) is -1.37. The molecule has 0 amide bonds. The first-order valence-electron chi connectivity index (χ1n) is 6.11. The van der Waals surface area contributed by atoms with Crippen LogP contribution in [0, 0.1) is 6.07 Å². The summed E-state index contributed by atoms with van der Waals surface area (Å²) in [6.45, 7) is 11.1. The van der Waals surface area contributed by atoms with Crippen molar-refractivity contribution in [2.75, 3.05) is 13.7 Å². The fraction of sp³-hybridized carbons (Fsp3) is 0.400. The van der Waals surface area contributed by atoms with Crippen LogP contribution < -0.4 is 0 Å². The van der Waals surface area contributed by atoms with Gasteiger partial charge in [-0.05, 0) is 19.4 Å². The van der Waals surface area contributed by atoms with E-state index >= 15 is 0 Å². The third-order valence-corrected chi connectivity index (χ3v) is 1.88. The van der Waals surface area contributed by atoms with Crippen LogP contribution in [0.1, 0.15) is 26.7 Å². The van der Waals surface area contributed by atoms with Crippen molar-refractivity contribution in [3.63, 3.8) is 0 Å². The molecule has 0 saturated carbocycles. The third kappa shape index (κ3) is 13.7. The monoisotopic (exact) mass is 280 g/mol. The van der Waals surface area contributed by atoms with Crippen LogP contribution >= 0.6 is 0 Å². The molecule has 0 aromatic rings. The highest BCUT2D eigenvalue weighted by molar-refractivity contribution is 5.89. The van der Waals surface area contributed by atoms with Gasteiger partial charge in [-0.1, -0.05) is 24.9 Å². The average molecular weight is 280 g/mol. The summed E-state index contributed by atoms with van der Waals surface area (Å²) in [6.07, 6.45) is 4.96. The number of aliphatic carboxylic acids is 1. The maximum absolute atomic E-state index is 10.3. The smallest absolute Gasteiger partial charge is 0.335 e. The van der Waals surface area contributed by atoms with Crippen LogP contribution in [-0.4, -0.2) is 30.7 Å². The molecule has 0 aliphatic rings. The van der Waals surface area contributed by atoms with Crippen molar-refractivity contribution >= 4 is 11.9 Å². The van der Waals surface area contributed by atoms with Crippen molar-refractivity contribution in [2.45, 2.75) is 26.7 Å². The van der Waals surface area contributed by atoms with Gasteiger partial charge in [-0.15, -0.1) is 0 Å². The average Bonchev–Trinajstić information content (AvgIpc) is 2.41. The van der Waals surface area contributed by atoms with Crippen molar-refractivity contribution in [3.05, 3.63) is 41.3 Å². The highest BCUT2D eigenvalue weighted by Gasteiger charge is 1.97. The zero-order valence-corrected chi connectivity index (χ0v) is 12.3. The number of carboxylic acids is 1. The molecule has 0 aromatic carbocycles. The molecule has 0 bridgehead atoms. The van der Waals surface area contributed by atoms with Crippen molar-refractivity contribution in [1.29, 1.82) is 0 Å². The molecule has 0 unspecified atom stereocenters. The lowest BCUT2D eigenvalue weighted by Crippen LogP contribution is -1.98. The number of unbranched alkanes of at least 4 members (excludes halogenated alkanes) is 1. The Bertz CT molecular complexity index is 439. The van der Waals surface area contributed by atoms with Gasteiger partial charge in [-0.2, -0.15) is 0 Å². The molecule has 5 heteroatoms. The number of carbonyl (C=O) groups excluding carboxylic acids is 1. The minimum Gasteiger partial charge on any atom is -0.478 e. The molecule has 0 fully saturated rings. The zero-order valence-electron chi connectivity index (χ0n) is 12.3. The molecular formula is C15H22NO4+. The third-order valence-electron chi connectivity index (χ3n) is 1.88. The maximum Gasteiger partial charge on any atom is 0.335 e. The normalized spacial score (nSPS) is 8.75. The van der Waals surface area contributed by atoms with Crippen LogP contribution in [0.15, 0.2) is 36.5 Å². The number of esters is 1. The Labute approximate surface area is 120 Å². The lowest BCUT2D eigenvalue weighted by atomic mass is 10.3. The van der Waals surface area contributed by atoms with Gasteiger partial charge in [0, 0.05) is 12.0 Å². The summed E-state index contributed by atoms with van der Waals surface area (Å²) in [4.78, 5) is 24.4. The Kier molecular flexibility index (Phi) is 13.1. The number of allylic oxidation sites excluding steroid dienone is 1. The van der Waals surface area contributed by atoms with E-state index < -0.39 is 5.97 Å². The number of ether oxygens (including phenoxy) is 1. The zero-order chi connectivity index (χ0) is 16.0. The molecule has 0 aliphatic heterocycles. The number of rotatable bonds is 5. The molecule has 110 valence electrons. The number of methoxy groups -OCH3 is 1. The molecule has 0 spiro atoms. The number of hydrogen-bond donors (Lipinski definition) is 1. The first-order valence-corrected chi connectivity index (χ1v) is 6.11. The second-order valence-corrected chi connectivity index (χ2v) is 3.80. The molecular weight excluding hydrogens is 258 g/mol. The van der Waals surface area contributed by atoms with Crippen LogP contribution in [0.5, 0.6) is 0 Å². The Balaban J connectivity index is 0. The lowest BCUT2D eigenvalue weighted by molar-refractivity contribution is -0.136. The van der Waals surface area contributed by atoms with Gasteiger partial charge in [0.2, 0.25) is 0 Å². The van der Waals surface area contributed by atoms with Crippen LogP contribution in [0.3, 0.4) is 0 Å². The van der Waals surface area contributed by atoms with Gasteiger partial charge in [0.05, 0.1) is 18.8 Å². The van der Waals surface area contributed by atoms with Gasteiger partial charge < -0.3 is 9.84 Å². The van der Waals surface area contributed by atoms with Gasteiger partial charge in [0.15, 0.2) is 0 Å². The number of nitrogens with zero attached hydrogens (tertiary/aromatic N) is 1. The largest absolute Gasteiger partial charge is 0.478 e. The quantitative estimate of drug-likeness (QED) is 0.276. The summed E-state index contributed by atoms with van der Waals surface area (Å²) < 4.78 is 4.27. The highest BCUT2D eigenvalue weighted by Crippen LogP contribution is 1.91. The Hall–Kier alpha value is -2.35. The van der Waals surface area contributed by atoms with Gasteiger partial charge >= 0.3 is 18.0 Å². The molecule has 0 heterocycles. The van der Waals surface area contributed by atoms with Crippen molar-refractivity contribution < 1.29 is 19.4 Å².